The maximum absolute atomic E-state index is 13.2. The number of benzene rings is 1. The molecule has 0 saturated heterocycles. The molecule has 0 saturated carbocycles. The van der Waals surface area contributed by atoms with Gasteiger partial charge < -0.3 is 4.57 Å². The lowest BCUT2D eigenvalue weighted by atomic mass is 9.99. The van der Waals surface area contributed by atoms with E-state index in [9.17, 15) is 28.5 Å². The summed E-state index contributed by atoms with van der Waals surface area (Å²) < 4.78 is 27.1. The summed E-state index contributed by atoms with van der Waals surface area (Å²) in [5.41, 5.74) is -1.46. The van der Waals surface area contributed by atoms with Gasteiger partial charge in [0, 0.05) is 30.3 Å². The summed E-state index contributed by atoms with van der Waals surface area (Å²) in [4.78, 5) is 34.0. The molecule has 0 amide bonds. The molecule has 0 unspecified atom stereocenters. The third kappa shape index (κ3) is 3.47. The van der Waals surface area contributed by atoms with E-state index in [2.05, 4.69) is 0 Å². The molecule has 2 aromatic rings. The Bertz CT molecular complexity index is 832. The number of hydrogen-bond acceptors (Lipinski definition) is 4. The normalized spacial score (nSPS) is 12.0. The van der Waals surface area contributed by atoms with E-state index in [1.165, 1.54) is 19.2 Å². The Hall–Kier alpha value is -2.90. The number of carbonyl (C=O) groups is 1. The second-order valence-electron chi connectivity index (χ2n) is 5.00. The quantitative estimate of drug-likeness (QED) is 0.481. The van der Waals surface area contributed by atoms with E-state index in [4.69, 9.17) is 0 Å². The molecule has 1 aromatic heterocycles. The molecule has 0 aliphatic carbocycles. The van der Waals surface area contributed by atoms with E-state index in [0.29, 0.717) is 0 Å². The lowest BCUT2D eigenvalue weighted by molar-refractivity contribution is -0.386. The summed E-state index contributed by atoms with van der Waals surface area (Å²) in [5.74, 6) is -3.46. The van der Waals surface area contributed by atoms with Crippen LogP contribution in [0.1, 0.15) is 17.3 Å². The van der Waals surface area contributed by atoms with Gasteiger partial charge in [-0.2, -0.15) is 0 Å². The summed E-state index contributed by atoms with van der Waals surface area (Å²) in [6.07, 6.45) is 1.32. The van der Waals surface area contributed by atoms with E-state index >= 15 is 0 Å². The first-order chi connectivity index (χ1) is 10.8. The molecule has 1 atom stereocenters. The number of nitro groups is 1. The van der Waals surface area contributed by atoms with Crippen molar-refractivity contribution in [2.75, 3.05) is 0 Å². The van der Waals surface area contributed by atoms with Crippen LogP contribution in [0.5, 0.6) is 0 Å². The molecule has 0 aliphatic rings. The predicted octanol–water partition coefficient (Wildman–Crippen LogP) is 2.55. The number of rotatable bonds is 5. The van der Waals surface area contributed by atoms with Crippen LogP contribution >= 0.6 is 0 Å². The maximum Gasteiger partial charge on any atom is 0.334 e. The van der Waals surface area contributed by atoms with Gasteiger partial charge in [0.1, 0.15) is 0 Å². The molecule has 120 valence electrons. The Kier molecular flexibility index (Phi) is 4.63. The average molecular weight is 322 g/mol. The maximum atomic E-state index is 13.2. The smallest absolute Gasteiger partial charge is 0.309 e. The molecular weight excluding hydrogens is 310 g/mol. The minimum absolute atomic E-state index is 0.0325. The number of halogens is 2. The van der Waals surface area contributed by atoms with Crippen molar-refractivity contribution in [3.05, 3.63) is 74.2 Å². The van der Waals surface area contributed by atoms with Gasteiger partial charge in [-0.3, -0.25) is 19.7 Å². The van der Waals surface area contributed by atoms with Crippen molar-refractivity contribution in [1.29, 1.82) is 0 Å². The van der Waals surface area contributed by atoms with Crippen LogP contribution in [0, 0.1) is 27.7 Å². The zero-order valence-corrected chi connectivity index (χ0v) is 12.0. The van der Waals surface area contributed by atoms with Gasteiger partial charge in [0.2, 0.25) is 0 Å². The molecular formula is C15H12F2N2O4. The van der Waals surface area contributed by atoms with Crippen LogP contribution in [-0.4, -0.2) is 15.3 Å². The molecule has 23 heavy (non-hydrogen) atoms. The van der Waals surface area contributed by atoms with Crippen molar-refractivity contribution in [1.82, 2.24) is 4.57 Å². The molecule has 0 bridgehead atoms. The van der Waals surface area contributed by atoms with Crippen molar-refractivity contribution in [2.24, 2.45) is 5.92 Å². The summed E-state index contributed by atoms with van der Waals surface area (Å²) in [6, 6.07) is 5.17. The highest BCUT2D eigenvalue weighted by molar-refractivity contribution is 5.97. The molecule has 0 radical (unpaired) electrons. The summed E-state index contributed by atoms with van der Waals surface area (Å²) >= 11 is 0. The van der Waals surface area contributed by atoms with Crippen LogP contribution in [0.4, 0.5) is 14.5 Å². The Morgan fingerprint density at radius 1 is 1.30 bits per heavy atom. The molecule has 2 rings (SSSR count). The Morgan fingerprint density at radius 2 is 2.00 bits per heavy atom. The topological polar surface area (TPSA) is 82.2 Å². The van der Waals surface area contributed by atoms with E-state index in [1.807, 2.05) is 0 Å². The van der Waals surface area contributed by atoms with Crippen LogP contribution < -0.4 is 5.56 Å². The number of aromatic nitrogens is 1. The SMILES string of the molecule is C[C@@H](Cn1cccc([N+](=O)[O-])c1=O)C(=O)c1ccc(F)c(F)c1. The van der Waals surface area contributed by atoms with Gasteiger partial charge in [-0.25, -0.2) is 8.78 Å². The molecule has 0 aliphatic heterocycles. The highest BCUT2D eigenvalue weighted by Gasteiger charge is 2.20. The number of hydrogen-bond donors (Lipinski definition) is 0. The van der Waals surface area contributed by atoms with Crippen LogP contribution in [0.15, 0.2) is 41.3 Å². The Labute approximate surface area is 129 Å². The average Bonchev–Trinajstić information content (AvgIpc) is 2.51. The lowest BCUT2D eigenvalue weighted by Gasteiger charge is -2.12. The lowest BCUT2D eigenvalue weighted by Crippen LogP contribution is -2.27. The highest BCUT2D eigenvalue weighted by atomic mass is 19.2. The Balaban J connectivity index is 2.25. The summed E-state index contributed by atoms with van der Waals surface area (Å²) in [6.45, 7) is 1.38. The van der Waals surface area contributed by atoms with Crippen molar-refractivity contribution in [3.63, 3.8) is 0 Å². The second-order valence-corrected chi connectivity index (χ2v) is 5.00. The fourth-order valence-corrected chi connectivity index (χ4v) is 2.12. The molecule has 6 nitrogen and oxygen atoms in total. The third-order valence-corrected chi connectivity index (χ3v) is 3.32. The highest BCUT2D eigenvalue weighted by Crippen LogP contribution is 2.14. The van der Waals surface area contributed by atoms with Gasteiger partial charge >= 0.3 is 11.2 Å². The van der Waals surface area contributed by atoms with E-state index in [-0.39, 0.29) is 12.1 Å². The predicted molar refractivity (Wildman–Crippen MR) is 77.2 cm³/mol. The molecule has 0 N–H and O–H groups in total. The Morgan fingerprint density at radius 3 is 2.61 bits per heavy atom. The second kappa shape index (κ2) is 6.47. The number of nitrogens with zero attached hydrogens (tertiary/aromatic N) is 2. The van der Waals surface area contributed by atoms with Gasteiger partial charge in [-0.05, 0) is 24.3 Å². The van der Waals surface area contributed by atoms with E-state index in [0.717, 1.165) is 28.8 Å². The summed E-state index contributed by atoms with van der Waals surface area (Å²) in [5, 5.41) is 10.7. The fraction of sp³-hybridized carbons (Fsp3) is 0.200. The van der Waals surface area contributed by atoms with Gasteiger partial charge in [-0.15, -0.1) is 0 Å². The van der Waals surface area contributed by atoms with Gasteiger partial charge in [0.25, 0.3) is 0 Å². The first kappa shape index (κ1) is 16.5. The first-order valence-electron chi connectivity index (χ1n) is 6.64. The van der Waals surface area contributed by atoms with Crippen LogP contribution in [-0.2, 0) is 6.54 Å². The zero-order chi connectivity index (χ0) is 17.1. The van der Waals surface area contributed by atoms with Crippen molar-refractivity contribution in [3.8, 4) is 0 Å². The van der Waals surface area contributed by atoms with Gasteiger partial charge in [0.15, 0.2) is 17.4 Å². The van der Waals surface area contributed by atoms with Crippen molar-refractivity contribution >= 4 is 11.5 Å². The van der Waals surface area contributed by atoms with Crippen LogP contribution in [0.3, 0.4) is 0 Å². The van der Waals surface area contributed by atoms with Gasteiger partial charge in [-0.1, -0.05) is 6.92 Å². The standard InChI is InChI=1S/C15H12F2N2O4/c1-9(14(20)10-4-5-11(16)12(17)7-10)8-18-6-2-3-13(15(18)21)19(22)23/h2-7,9H,8H2,1H3/t9-/m0/s1. The molecule has 1 heterocycles. The third-order valence-electron chi connectivity index (χ3n) is 3.32. The zero-order valence-electron chi connectivity index (χ0n) is 12.0. The van der Waals surface area contributed by atoms with Crippen molar-refractivity contribution < 1.29 is 18.5 Å². The summed E-state index contributed by atoms with van der Waals surface area (Å²) in [7, 11) is 0. The number of pyridine rings is 1. The number of carbonyl (C=O) groups excluding carboxylic acids is 1. The van der Waals surface area contributed by atoms with Gasteiger partial charge in [0.05, 0.1) is 4.92 Å². The molecule has 8 heteroatoms. The molecule has 0 fully saturated rings. The monoisotopic (exact) mass is 322 g/mol. The largest absolute Gasteiger partial charge is 0.334 e. The molecule has 1 aromatic carbocycles. The fourth-order valence-electron chi connectivity index (χ4n) is 2.12. The minimum atomic E-state index is -1.14. The first-order valence-corrected chi connectivity index (χ1v) is 6.64. The van der Waals surface area contributed by atoms with Crippen molar-refractivity contribution in [2.45, 2.75) is 13.5 Å². The van der Waals surface area contributed by atoms with Crippen LogP contribution in [0.25, 0.3) is 0 Å². The van der Waals surface area contributed by atoms with E-state index < -0.39 is 39.5 Å². The minimum Gasteiger partial charge on any atom is -0.309 e. The molecule has 0 spiro atoms. The number of ketones is 1. The van der Waals surface area contributed by atoms with Crippen LogP contribution in [0.2, 0.25) is 0 Å². The van der Waals surface area contributed by atoms with E-state index in [1.54, 1.807) is 0 Å². The number of Topliss-reactive ketones (excluding diaryl/α,β-unsaturated/α-hetero) is 1.